The minimum atomic E-state index is -0.0259. The van der Waals surface area contributed by atoms with Crippen molar-refractivity contribution in [3.05, 3.63) is 42.0 Å². The van der Waals surface area contributed by atoms with Crippen LogP contribution in [0.4, 0.5) is 5.69 Å². The molecule has 0 radical (unpaired) electrons. The first-order chi connectivity index (χ1) is 9.78. The van der Waals surface area contributed by atoms with Crippen LogP contribution in [-0.4, -0.2) is 35.1 Å². The Labute approximate surface area is 122 Å². The predicted molar refractivity (Wildman–Crippen MR) is 78.5 cm³/mol. The van der Waals surface area contributed by atoms with Crippen molar-refractivity contribution in [1.82, 2.24) is 7.96 Å². The standard InChI is InChI=1S/C14H13N3O2Se/c1-19-13-7-9(5-6-12(13)18)8-15-10-3-2-4-11-14(10)17-20-16-11/h2-7,15,18H,8H2,1H3. The van der Waals surface area contributed by atoms with E-state index in [2.05, 4.69) is 13.3 Å². The van der Waals surface area contributed by atoms with Gasteiger partial charge >= 0.3 is 122 Å². The molecule has 1 heterocycles. The molecule has 0 aliphatic heterocycles. The molecule has 0 spiro atoms. The Balaban J connectivity index is 1.81. The van der Waals surface area contributed by atoms with Crippen molar-refractivity contribution in [1.29, 1.82) is 0 Å². The summed E-state index contributed by atoms with van der Waals surface area (Å²) in [7, 11) is 1.54. The molecule has 0 unspecified atom stereocenters. The van der Waals surface area contributed by atoms with Crippen molar-refractivity contribution in [3.8, 4) is 11.5 Å². The number of fused-ring (bicyclic) bond motifs is 1. The van der Waals surface area contributed by atoms with Crippen LogP contribution >= 0.6 is 0 Å². The van der Waals surface area contributed by atoms with Crippen LogP contribution in [0.15, 0.2) is 36.4 Å². The molecule has 0 saturated heterocycles. The summed E-state index contributed by atoms with van der Waals surface area (Å²) in [5.74, 6) is 0.624. The van der Waals surface area contributed by atoms with E-state index in [-0.39, 0.29) is 20.7 Å². The van der Waals surface area contributed by atoms with Crippen molar-refractivity contribution < 1.29 is 9.84 Å². The minimum absolute atomic E-state index is 0.0259. The molecular formula is C14H13N3O2Se. The zero-order valence-electron chi connectivity index (χ0n) is 10.8. The molecular weight excluding hydrogens is 321 g/mol. The molecule has 2 N–H and O–H groups in total. The third-order valence-electron chi connectivity index (χ3n) is 3.01. The van der Waals surface area contributed by atoms with E-state index in [1.54, 1.807) is 13.2 Å². The normalized spacial score (nSPS) is 10.7. The number of aromatic nitrogens is 2. The SMILES string of the molecule is COc1cc(CNc2cccc3n[se]nc23)ccc1O. The average molecular weight is 334 g/mol. The van der Waals surface area contributed by atoms with Crippen LogP contribution in [0.3, 0.4) is 0 Å². The fourth-order valence-corrected chi connectivity index (χ4v) is 3.13. The summed E-state index contributed by atoms with van der Waals surface area (Å²) in [6.07, 6.45) is 0. The number of rotatable bonds is 4. The summed E-state index contributed by atoms with van der Waals surface area (Å²) in [4.78, 5) is 0. The number of methoxy groups -OCH3 is 1. The van der Waals surface area contributed by atoms with Gasteiger partial charge in [-0.15, -0.1) is 0 Å². The topological polar surface area (TPSA) is 67.3 Å². The van der Waals surface area contributed by atoms with Crippen molar-refractivity contribution >= 4 is 31.7 Å². The van der Waals surface area contributed by atoms with Crippen LogP contribution in [0, 0.1) is 0 Å². The van der Waals surface area contributed by atoms with E-state index in [1.165, 1.54) is 0 Å². The van der Waals surface area contributed by atoms with Crippen LogP contribution in [0.2, 0.25) is 0 Å². The molecule has 0 saturated carbocycles. The van der Waals surface area contributed by atoms with Crippen LogP contribution in [0.25, 0.3) is 11.0 Å². The first kappa shape index (κ1) is 13.0. The first-order valence-corrected chi connectivity index (χ1v) is 7.62. The van der Waals surface area contributed by atoms with Gasteiger partial charge < -0.3 is 0 Å². The fourth-order valence-electron chi connectivity index (χ4n) is 1.98. The van der Waals surface area contributed by atoms with Gasteiger partial charge in [-0.1, -0.05) is 0 Å². The molecule has 3 rings (SSSR count). The van der Waals surface area contributed by atoms with Gasteiger partial charge in [0, 0.05) is 0 Å². The van der Waals surface area contributed by atoms with E-state index in [0.717, 1.165) is 22.3 Å². The molecule has 20 heavy (non-hydrogen) atoms. The molecule has 0 fully saturated rings. The predicted octanol–water partition coefficient (Wildman–Crippen LogP) is 2.01. The maximum atomic E-state index is 9.58. The number of hydrogen-bond acceptors (Lipinski definition) is 5. The molecule has 5 nitrogen and oxygen atoms in total. The van der Waals surface area contributed by atoms with Crippen molar-refractivity contribution in [3.63, 3.8) is 0 Å². The number of nitrogens with one attached hydrogen (secondary N) is 1. The monoisotopic (exact) mass is 335 g/mol. The van der Waals surface area contributed by atoms with E-state index in [1.807, 2.05) is 30.3 Å². The summed E-state index contributed by atoms with van der Waals surface area (Å²) in [5, 5.41) is 12.9. The molecule has 0 aliphatic carbocycles. The van der Waals surface area contributed by atoms with Crippen LogP contribution < -0.4 is 10.1 Å². The second-order valence-electron chi connectivity index (χ2n) is 4.30. The van der Waals surface area contributed by atoms with E-state index in [0.29, 0.717) is 12.3 Å². The Bertz CT molecular complexity index is 742. The van der Waals surface area contributed by atoms with Gasteiger partial charge in [-0.2, -0.15) is 0 Å². The number of aromatic hydroxyl groups is 1. The molecule has 1 aromatic heterocycles. The van der Waals surface area contributed by atoms with Gasteiger partial charge in [-0.25, -0.2) is 0 Å². The average Bonchev–Trinajstić information content (AvgIpc) is 2.95. The molecule has 2 aromatic carbocycles. The van der Waals surface area contributed by atoms with E-state index in [9.17, 15) is 5.11 Å². The number of benzene rings is 2. The molecule has 0 amide bonds. The number of anilines is 1. The van der Waals surface area contributed by atoms with Crippen LogP contribution in [0.5, 0.6) is 11.5 Å². The second kappa shape index (κ2) is 5.53. The Morgan fingerprint density at radius 2 is 2.15 bits per heavy atom. The van der Waals surface area contributed by atoms with Crippen LogP contribution in [-0.2, 0) is 6.54 Å². The van der Waals surface area contributed by atoms with E-state index in [4.69, 9.17) is 4.74 Å². The van der Waals surface area contributed by atoms with Gasteiger partial charge in [-0.3, -0.25) is 0 Å². The van der Waals surface area contributed by atoms with Gasteiger partial charge in [0.25, 0.3) is 0 Å². The molecule has 0 bridgehead atoms. The first-order valence-electron chi connectivity index (χ1n) is 6.09. The summed E-state index contributed by atoms with van der Waals surface area (Å²) in [6.45, 7) is 0.635. The quantitative estimate of drug-likeness (QED) is 0.715. The Hall–Kier alpha value is -2.04. The molecule has 3 aromatic rings. The summed E-state index contributed by atoms with van der Waals surface area (Å²) >= 11 is -0.0259. The van der Waals surface area contributed by atoms with Gasteiger partial charge in [0.2, 0.25) is 0 Å². The number of ether oxygens (including phenoxy) is 1. The van der Waals surface area contributed by atoms with E-state index < -0.39 is 0 Å². The number of phenolic OH excluding ortho intramolecular Hbond substituents is 1. The Morgan fingerprint density at radius 1 is 1.25 bits per heavy atom. The van der Waals surface area contributed by atoms with Crippen molar-refractivity contribution in [2.24, 2.45) is 0 Å². The maximum absolute atomic E-state index is 9.58. The Morgan fingerprint density at radius 3 is 3.00 bits per heavy atom. The van der Waals surface area contributed by atoms with E-state index >= 15 is 0 Å². The third kappa shape index (κ3) is 2.48. The number of hydrogen-bond donors (Lipinski definition) is 2. The molecule has 6 heteroatoms. The fraction of sp³-hybridized carbons (Fsp3) is 0.143. The third-order valence-corrected chi connectivity index (χ3v) is 4.15. The number of nitrogens with zero attached hydrogens (tertiary/aromatic N) is 2. The van der Waals surface area contributed by atoms with Crippen molar-refractivity contribution in [2.45, 2.75) is 6.54 Å². The second-order valence-corrected chi connectivity index (χ2v) is 5.41. The number of phenols is 1. The Kier molecular flexibility index (Phi) is 3.58. The zero-order valence-corrected chi connectivity index (χ0v) is 12.5. The molecule has 102 valence electrons. The van der Waals surface area contributed by atoms with Gasteiger partial charge in [0.05, 0.1) is 0 Å². The summed E-state index contributed by atoms with van der Waals surface area (Å²) in [6, 6.07) is 11.3. The molecule has 0 aliphatic rings. The summed E-state index contributed by atoms with van der Waals surface area (Å²) < 4.78 is 13.9. The van der Waals surface area contributed by atoms with Gasteiger partial charge in [0.1, 0.15) is 0 Å². The van der Waals surface area contributed by atoms with Crippen LogP contribution in [0.1, 0.15) is 5.56 Å². The van der Waals surface area contributed by atoms with Crippen molar-refractivity contribution in [2.75, 3.05) is 12.4 Å². The van der Waals surface area contributed by atoms with Gasteiger partial charge in [0.15, 0.2) is 0 Å². The zero-order chi connectivity index (χ0) is 13.9. The summed E-state index contributed by atoms with van der Waals surface area (Å²) in [5.41, 5.74) is 3.91. The van der Waals surface area contributed by atoms with Gasteiger partial charge in [-0.05, 0) is 0 Å². The molecule has 0 atom stereocenters.